The number of rotatable bonds is 4. The number of hydrogen-bond donors (Lipinski definition) is 0. The van der Waals surface area contributed by atoms with Gasteiger partial charge in [-0.1, -0.05) is 0 Å². The summed E-state index contributed by atoms with van der Waals surface area (Å²) in [4.78, 5) is 18.2. The van der Waals surface area contributed by atoms with Crippen LogP contribution in [0.4, 0.5) is 0 Å². The van der Waals surface area contributed by atoms with E-state index in [0.29, 0.717) is 18.3 Å². The van der Waals surface area contributed by atoms with Crippen LogP contribution in [-0.4, -0.2) is 21.8 Å². The van der Waals surface area contributed by atoms with Crippen molar-refractivity contribution >= 4 is 17.2 Å². The molecule has 0 aliphatic heterocycles. The Hall–Kier alpha value is -1.62. The van der Waals surface area contributed by atoms with Crippen LogP contribution in [-0.2, 0) is 6.54 Å². The molecule has 0 aromatic carbocycles. The first-order valence-electron chi connectivity index (χ1n) is 5.56. The van der Waals surface area contributed by atoms with Crippen molar-refractivity contribution in [1.82, 2.24) is 9.88 Å². The molecule has 1 fully saturated rings. The number of carbonyl (C=O) groups is 1. The molecule has 2 aromatic heterocycles. The Bertz CT molecular complexity index is 489. The van der Waals surface area contributed by atoms with Crippen molar-refractivity contribution in [2.75, 3.05) is 0 Å². The summed E-state index contributed by atoms with van der Waals surface area (Å²) in [6.45, 7) is 0.536. The van der Waals surface area contributed by atoms with E-state index < -0.39 is 0 Å². The molecule has 3 rings (SSSR count). The van der Waals surface area contributed by atoms with E-state index in [1.165, 1.54) is 11.3 Å². The normalized spacial score (nSPS) is 14.8. The van der Waals surface area contributed by atoms with E-state index in [9.17, 15) is 4.79 Å². The highest BCUT2D eigenvalue weighted by atomic mass is 32.1. The Morgan fingerprint density at radius 1 is 1.59 bits per heavy atom. The molecule has 1 saturated carbocycles. The van der Waals surface area contributed by atoms with Gasteiger partial charge in [-0.15, -0.1) is 11.3 Å². The third-order valence-corrected chi connectivity index (χ3v) is 3.39. The molecule has 4 nitrogen and oxygen atoms in total. The topological polar surface area (TPSA) is 46.3 Å². The van der Waals surface area contributed by atoms with Gasteiger partial charge in [0.05, 0.1) is 18.3 Å². The van der Waals surface area contributed by atoms with Crippen molar-refractivity contribution in [3.63, 3.8) is 0 Å². The average Bonchev–Trinajstić information content (AvgIpc) is 2.86. The molecule has 0 saturated heterocycles. The van der Waals surface area contributed by atoms with Crippen LogP contribution >= 0.6 is 11.3 Å². The molecular formula is C12H12N2O2S. The molecule has 0 radical (unpaired) electrons. The van der Waals surface area contributed by atoms with Gasteiger partial charge in [0, 0.05) is 11.4 Å². The molecule has 1 amide bonds. The number of carbonyl (C=O) groups excluding carboxylic acids is 1. The minimum atomic E-state index is 0.00477. The number of aromatic nitrogens is 1. The summed E-state index contributed by atoms with van der Waals surface area (Å²) in [6, 6.07) is 4.09. The number of nitrogens with zero attached hydrogens (tertiary/aromatic N) is 2. The van der Waals surface area contributed by atoms with E-state index in [-0.39, 0.29) is 5.91 Å². The number of amides is 1. The van der Waals surface area contributed by atoms with Crippen molar-refractivity contribution in [3.05, 3.63) is 40.7 Å². The predicted octanol–water partition coefficient (Wildman–Crippen LogP) is 2.54. The van der Waals surface area contributed by atoms with Gasteiger partial charge in [-0.05, 0) is 25.0 Å². The lowest BCUT2D eigenvalue weighted by molar-refractivity contribution is 0.0712. The van der Waals surface area contributed by atoms with Crippen LogP contribution in [0.15, 0.2) is 33.7 Å². The van der Waals surface area contributed by atoms with E-state index in [4.69, 9.17) is 4.42 Å². The Balaban J connectivity index is 1.78. The van der Waals surface area contributed by atoms with Gasteiger partial charge in [0.15, 0.2) is 0 Å². The Morgan fingerprint density at radius 2 is 2.47 bits per heavy atom. The SMILES string of the molecule is O=C(c1cscn1)N(Cc1ccco1)C1CC1. The highest BCUT2D eigenvalue weighted by molar-refractivity contribution is 7.07. The first-order chi connectivity index (χ1) is 8.34. The molecule has 1 aliphatic rings. The van der Waals surface area contributed by atoms with Crippen LogP contribution in [0.25, 0.3) is 0 Å². The number of thiazole rings is 1. The number of hydrogen-bond acceptors (Lipinski definition) is 4. The Kier molecular flexibility index (Phi) is 2.68. The zero-order chi connectivity index (χ0) is 11.7. The maximum atomic E-state index is 12.2. The van der Waals surface area contributed by atoms with Gasteiger partial charge >= 0.3 is 0 Å². The van der Waals surface area contributed by atoms with Gasteiger partial charge in [-0.3, -0.25) is 4.79 Å². The maximum absolute atomic E-state index is 12.2. The summed E-state index contributed by atoms with van der Waals surface area (Å²) >= 11 is 1.44. The smallest absolute Gasteiger partial charge is 0.273 e. The number of furan rings is 1. The average molecular weight is 248 g/mol. The van der Waals surface area contributed by atoms with Gasteiger partial charge in [0.2, 0.25) is 0 Å². The van der Waals surface area contributed by atoms with Gasteiger partial charge < -0.3 is 9.32 Å². The minimum absolute atomic E-state index is 0.00477. The first kappa shape index (κ1) is 10.5. The maximum Gasteiger partial charge on any atom is 0.273 e. The molecule has 0 unspecified atom stereocenters. The predicted molar refractivity (Wildman–Crippen MR) is 63.7 cm³/mol. The molecular weight excluding hydrogens is 236 g/mol. The highest BCUT2D eigenvalue weighted by Crippen LogP contribution is 2.29. The summed E-state index contributed by atoms with van der Waals surface area (Å²) in [5, 5.41) is 1.79. The lowest BCUT2D eigenvalue weighted by Crippen LogP contribution is -2.32. The summed E-state index contributed by atoms with van der Waals surface area (Å²) < 4.78 is 5.30. The monoisotopic (exact) mass is 248 g/mol. The third kappa shape index (κ3) is 2.24. The lowest BCUT2D eigenvalue weighted by atomic mass is 10.3. The van der Waals surface area contributed by atoms with Crippen molar-refractivity contribution in [3.8, 4) is 0 Å². The Labute approximate surface area is 103 Å². The van der Waals surface area contributed by atoms with Gasteiger partial charge in [0.1, 0.15) is 11.5 Å². The highest BCUT2D eigenvalue weighted by Gasteiger charge is 2.34. The fourth-order valence-electron chi connectivity index (χ4n) is 1.79. The largest absolute Gasteiger partial charge is 0.467 e. The van der Waals surface area contributed by atoms with E-state index in [0.717, 1.165) is 18.6 Å². The van der Waals surface area contributed by atoms with Crippen molar-refractivity contribution < 1.29 is 9.21 Å². The molecule has 1 aliphatic carbocycles. The molecule has 17 heavy (non-hydrogen) atoms. The zero-order valence-electron chi connectivity index (χ0n) is 9.20. The van der Waals surface area contributed by atoms with Crippen LogP contribution in [0.5, 0.6) is 0 Å². The second-order valence-corrected chi connectivity index (χ2v) is 4.84. The molecule has 0 atom stereocenters. The van der Waals surface area contributed by atoms with E-state index in [1.54, 1.807) is 17.2 Å². The fourth-order valence-corrected chi connectivity index (χ4v) is 2.31. The minimum Gasteiger partial charge on any atom is -0.467 e. The van der Waals surface area contributed by atoms with Crippen molar-refractivity contribution in [2.24, 2.45) is 0 Å². The molecule has 0 spiro atoms. The second kappa shape index (κ2) is 4.33. The van der Waals surface area contributed by atoms with Gasteiger partial charge in [0.25, 0.3) is 5.91 Å². The fraction of sp³-hybridized carbons (Fsp3) is 0.333. The van der Waals surface area contributed by atoms with Gasteiger partial charge in [-0.25, -0.2) is 4.98 Å². The molecule has 5 heteroatoms. The van der Waals surface area contributed by atoms with Crippen LogP contribution in [0.2, 0.25) is 0 Å². The first-order valence-corrected chi connectivity index (χ1v) is 6.50. The van der Waals surface area contributed by atoms with E-state index >= 15 is 0 Å². The van der Waals surface area contributed by atoms with Crippen LogP contribution < -0.4 is 0 Å². The van der Waals surface area contributed by atoms with Crippen molar-refractivity contribution in [1.29, 1.82) is 0 Å². The zero-order valence-corrected chi connectivity index (χ0v) is 10.0. The second-order valence-electron chi connectivity index (χ2n) is 4.12. The quantitative estimate of drug-likeness (QED) is 0.835. The van der Waals surface area contributed by atoms with E-state index in [2.05, 4.69) is 4.98 Å². The van der Waals surface area contributed by atoms with Gasteiger partial charge in [-0.2, -0.15) is 0 Å². The summed E-state index contributed by atoms with van der Waals surface area (Å²) in [6.07, 6.45) is 3.79. The molecule has 2 aromatic rings. The molecule has 88 valence electrons. The molecule has 0 N–H and O–H groups in total. The van der Waals surface area contributed by atoms with E-state index in [1.807, 2.05) is 17.0 Å². The lowest BCUT2D eigenvalue weighted by Gasteiger charge is -2.20. The third-order valence-electron chi connectivity index (χ3n) is 2.81. The summed E-state index contributed by atoms with van der Waals surface area (Å²) in [5.74, 6) is 0.825. The Morgan fingerprint density at radius 3 is 3.06 bits per heavy atom. The molecule has 0 bridgehead atoms. The van der Waals surface area contributed by atoms with Crippen molar-refractivity contribution in [2.45, 2.75) is 25.4 Å². The molecule has 2 heterocycles. The standard InChI is InChI=1S/C12H12N2O2S/c15-12(11-7-17-8-13-11)14(9-3-4-9)6-10-2-1-5-16-10/h1-2,5,7-9H,3-4,6H2. The van der Waals surface area contributed by atoms with Crippen LogP contribution in [0.1, 0.15) is 29.1 Å². The van der Waals surface area contributed by atoms with Crippen LogP contribution in [0.3, 0.4) is 0 Å². The summed E-state index contributed by atoms with van der Waals surface area (Å²) in [7, 11) is 0. The summed E-state index contributed by atoms with van der Waals surface area (Å²) in [5.41, 5.74) is 2.22. The van der Waals surface area contributed by atoms with Crippen LogP contribution in [0, 0.1) is 0 Å².